The van der Waals surface area contributed by atoms with Gasteiger partial charge in [-0.05, 0) is 63.2 Å². The minimum absolute atomic E-state index is 0.125. The smallest absolute Gasteiger partial charge is 0.286 e. The van der Waals surface area contributed by atoms with E-state index in [4.69, 9.17) is 14.2 Å². The first-order valence-electron chi connectivity index (χ1n) is 9.32. The standard InChI is InChI=1S/C20H26N2O4S/c1-5-24-16-8-7-15(9-17(16)25-6-2)10-18-19(23)21-20(27-18)22-11-13(3)26-14(4)12-22/h7-10,13-14H,5-6,11-12H2,1-4H3/b18-10+/t13-,14-/m0/s1. The topological polar surface area (TPSA) is 60.4 Å². The van der Waals surface area contributed by atoms with Crippen molar-refractivity contribution >= 4 is 28.9 Å². The molecule has 27 heavy (non-hydrogen) atoms. The molecule has 0 spiro atoms. The maximum atomic E-state index is 12.4. The van der Waals surface area contributed by atoms with Crippen molar-refractivity contribution in [2.45, 2.75) is 39.9 Å². The molecule has 0 N–H and O–H groups in total. The van der Waals surface area contributed by atoms with Gasteiger partial charge in [-0.1, -0.05) is 6.07 Å². The Hall–Kier alpha value is -1.99. The summed E-state index contributed by atoms with van der Waals surface area (Å²) >= 11 is 1.42. The summed E-state index contributed by atoms with van der Waals surface area (Å²) in [5.74, 6) is 1.19. The third kappa shape index (κ3) is 4.84. The first-order chi connectivity index (χ1) is 13.0. The van der Waals surface area contributed by atoms with Crippen molar-refractivity contribution in [2.24, 2.45) is 4.99 Å². The fourth-order valence-electron chi connectivity index (χ4n) is 3.18. The van der Waals surface area contributed by atoms with Crippen LogP contribution in [0.3, 0.4) is 0 Å². The van der Waals surface area contributed by atoms with Crippen LogP contribution >= 0.6 is 11.8 Å². The summed E-state index contributed by atoms with van der Waals surface area (Å²) in [5, 5.41) is 0.754. The van der Waals surface area contributed by atoms with E-state index >= 15 is 0 Å². The van der Waals surface area contributed by atoms with Gasteiger partial charge in [-0.15, -0.1) is 0 Å². The normalized spacial score (nSPS) is 24.3. The van der Waals surface area contributed by atoms with Crippen LogP contribution in [0.15, 0.2) is 28.1 Å². The van der Waals surface area contributed by atoms with Crippen molar-refractivity contribution in [3.8, 4) is 11.5 Å². The van der Waals surface area contributed by atoms with Gasteiger partial charge in [0.2, 0.25) is 0 Å². The predicted octanol–water partition coefficient (Wildman–Crippen LogP) is 3.56. The molecule has 2 aliphatic rings. The highest BCUT2D eigenvalue weighted by atomic mass is 32.2. The molecule has 0 saturated carbocycles. The third-order valence-corrected chi connectivity index (χ3v) is 5.21. The Kier molecular flexibility index (Phi) is 6.44. The Morgan fingerprint density at radius 3 is 2.52 bits per heavy atom. The van der Waals surface area contributed by atoms with E-state index in [1.807, 2.05) is 52.0 Å². The number of ether oxygens (including phenoxy) is 3. The molecule has 0 aromatic heterocycles. The molecule has 146 valence electrons. The first-order valence-corrected chi connectivity index (χ1v) is 10.1. The minimum atomic E-state index is -0.200. The fraction of sp³-hybridized carbons (Fsp3) is 0.500. The van der Waals surface area contributed by atoms with Crippen LogP contribution in [0.25, 0.3) is 6.08 Å². The Morgan fingerprint density at radius 2 is 1.85 bits per heavy atom. The van der Waals surface area contributed by atoms with E-state index in [0.29, 0.717) is 29.6 Å². The molecule has 1 fully saturated rings. The van der Waals surface area contributed by atoms with Crippen molar-refractivity contribution in [1.29, 1.82) is 0 Å². The quantitative estimate of drug-likeness (QED) is 0.717. The molecule has 1 aromatic carbocycles. The van der Waals surface area contributed by atoms with E-state index in [0.717, 1.165) is 23.8 Å². The van der Waals surface area contributed by atoms with Gasteiger partial charge >= 0.3 is 0 Å². The molecule has 0 aliphatic carbocycles. The lowest BCUT2D eigenvalue weighted by atomic mass is 10.2. The average Bonchev–Trinajstić information content (AvgIpc) is 2.97. The molecule has 1 aromatic rings. The fourth-order valence-corrected chi connectivity index (χ4v) is 4.11. The van der Waals surface area contributed by atoms with Gasteiger partial charge in [-0.2, -0.15) is 4.99 Å². The maximum Gasteiger partial charge on any atom is 0.286 e. The van der Waals surface area contributed by atoms with Crippen LogP contribution < -0.4 is 9.47 Å². The lowest BCUT2D eigenvalue weighted by molar-refractivity contribution is -0.113. The second-order valence-corrected chi connectivity index (χ2v) is 7.55. The maximum absolute atomic E-state index is 12.4. The highest BCUT2D eigenvalue weighted by Crippen LogP contribution is 2.34. The molecular formula is C20H26N2O4S. The van der Waals surface area contributed by atoms with Crippen molar-refractivity contribution in [3.63, 3.8) is 0 Å². The van der Waals surface area contributed by atoms with Gasteiger partial charge < -0.3 is 19.1 Å². The summed E-state index contributed by atoms with van der Waals surface area (Å²) < 4.78 is 17.0. The highest BCUT2D eigenvalue weighted by molar-refractivity contribution is 8.18. The van der Waals surface area contributed by atoms with E-state index in [1.54, 1.807) is 0 Å². The SMILES string of the molecule is CCOc1ccc(/C=C2/SC(N3C[C@H](C)O[C@@H](C)C3)=NC2=O)cc1OCC. The Morgan fingerprint density at radius 1 is 1.19 bits per heavy atom. The number of carbonyl (C=O) groups excluding carboxylic acids is 1. The van der Waals surface area contributed by atoms with Crippen molar-refractivity contribution in [3.05, 3.63) is 28.7 Å². The summed E-state index contributed by atoms with van der Waals surface area (Å²) in [4.78, 5) is 19.4. The molecule has 0 radical (unpaired) electrons. The summed E-state index contributed by atoms with van der Waals surface area (Å²) in [6.07, 6.45) is 2.11. The van der Waals surface area contributed by atoms with Gasteiger partial charge in [0, 0.05) is 13.1 Å². The lowest BCUT2D eigenvalue weighted by Crippen LogP contribution is -2.47. The average molecular weight is 391 g/mol. The van der Waals surface area contributed by atoms with Crippen molar-refractivity contribution in [1.82, 2.24) is 4.90 Å². The molecule has 0 bridgehead atoms. The zero-order valence-electron chi connectivity index (χ0n) is 16.2. The van der Waals surface area contributed by atoms with E-state index in [2.05, 4.69) is 9.89 Å². The molecule has 2 atom stereocenters. The molecule has 6 nitrogen and oxygen atoms in total. The predicted molar refractivity (Wildman–Crippen MR) is 108 cm³/mol. The number of amidine groups is 1. The van der Waals surface area contributed by atoms with Crippen LogP contribution in [0.1, 0.15) is 33.3 Å². The summed E-state index contributed by atoms with van der Waals surface area (Å²) in [5.41, 5.74) is 0.887. The molecule has 1 amide bonds. The number of aliphatic imine (C=N–C) groups is 1. The number of hydrogen-bond donors (Lipinski definition) is 0. The number of morpholine rings is 1. The molecule has 1 saturated heterocycles. The molecule has 7 heteroatoms. The number of amides is 1. The summed E-state index contributed by atoms with van der Waals surface area (Å²) in [6, 6.07) is 5.69. The number of nitrogens with zero attached hydrogens (tertiary/aromatic N) is 2. The van der Waals surface area contributed by atoms with Crippen LogP contribution in [0.4, 0.5) is 0 Å². The van der Waals surface area contributed by atoms with Crippen LogP contribution in [0, 0.1) is 0 Å². The molecule has 3 rings (SSSR count). The van der Waals surface area contributed by atoms with Gasteiger partial charge in [0.15, 0.2) is 16.7 Å². The zero-order valence-corrected chi connectivity index (χ0v) is 17.0. The zero-order chi connectivity index (χ0) is 19.4. The number of thioether (sulfide) groups is 1. The molecule has 2 heterocycles. The van der Waals surface area contributed by atoms with Gasteiger partial charge in [-0.3, -0.25) is 4.79 Å². The highest BCUT2D eigenvalue weighted by Gasteiger charge is 2.31. The van der Waals surface area contributed by atoms with Crippen LogP contribution in [0.5, 0.6) is 11.5 Å². The number of rotatable bonds is 5. The van der Waals surface area contributed by atoms with E-state index < -0.39 is 0 Å². The van der Waals surface area contributed by atoms with Gasteiger partial charge in [0.05, 0.1) is 30.3 Å². The Bertz CT molecular complexity index is 752. The minimum Gasteiger partial charge on any atom is -0.490 e. The van der Waals surface area contributed by atoms with Crippen LogP contribution in [-0.2, 0) is 9.53 Å². The third-order valence-electron chi connectivity index (χ3n) is 4.16. The van der Waals surface area contributed by atoms with Gasteiger partial charge in [0.1, 0.15) is 0 Å². The molecular weight excluding hydrogens is 364 g/mol. The van der Waals surface area contributed by atoms with Crippen molar-refractivity contribution < 1.29 is 19.0 Å². The Balaban J connectivity index is 1.76. The van der Waals surface area contributed by atoms with Crippen molar-refractivity contribution in [2.75, 3.05) is 26.3 Å². The van der Waals surface area contributed by atoms with Crippen LogP contribution in [-0.4, -0.2) is 54.5 Å². The monoisotopic (exact) mass is 390 g/mol. The summed E-state index contributed by atoms with van der Waals surface area (Å²) in [6.45, 7) is 10.6. The lowest BCUT2D eigenvalue weighted by Gasteiger charge is -2.35. The van der Waals surface area contributed by atoms with Crippen LogP contribution in [0.2, 0.25) is 0 Å². The summed E-state index contributed by atoms with van der Waals surface area (Å²) in [7, 11) is 0. The molecule has 0 unspecified atom stereocenters. The number of carbonyl (C=O) groups is 1. The van der Waals surface area contributed by atoms with E-state index in [-0.39, 0.29) is 18.1 Å². The Labute approximate surface area is 164 Å². The number of benzene rings is 1. The largest absolute Gasteiger partial charge is 0.490 e. The van der Waals surface area contributed by atoms with Gasteiger partial charge in [-0.25, -0.2) is 0 Å². The van der Waals surface area contributed by atoms with E-state index in [1.165, 1.54) is 11.8 Å². The number of hydrogen-bond acceptors (Lipinski definition) is 6. The molecule has 2 aliphatic heterocycles. The van der Waals surface area contributed by atoms with E-state index in [9.17, 15) is 4.79 Å². The first kappa shape index (κ1) is 19.8. The second-order valence-electron chi connectivity index (χ2n) is 6.54. The second kappa shape index (κ2) is 8.80. The van der Waals surface area contributed by atoms with Gasteiger partial charge in [0.25, 0.3) is 5.91 Å².